The first kappa shape index (κ1) is 22.3. The summed E-state index contributed by atoms with van der Waals surface area (Å²) in [5.74, 6) is -0.158. The van der Waals surface area contributed by atoms with Crippen LogP contribution < -0.4 is 19.9 Å². The highest BCUT2D eigenvalue weighted by Gasteiger charge is 2.61. The van der Waals surface area contributed by atoms with E-state index in [-0.39, 0.29) is 30.0 Å². The van der Waals surface area contributed by atoms with Gasteiger partial charge in [0.15, 0.2) is 0 Å². The molecule has 34 heavy (non-hydrogen) atoms. The van der Waals surface area contributed by atoms with Crippen LogP contribution in [0.1, 0.15) is 5.56 Å². The molecule has 9 heteroatoms. The predicted molar refractivity (Wildman–Crippen MR) is 133 cm³/mol. The highest BCUT2D eigenvalue weighted by Crippen LogP contribution is 2.55. The summed E-state index contributed by atoms with van der Waals surface area (Å²) in [6.07, 6.45) is 0. The van der Waals surface area contributed by atoms with Gasteiger partial charge in [-0.2, -0.15) is 0 Å². The van der Waals surface area contributed by atoms with Gasteiger partial charge in [-0.05, 0) is 42.5 Å². The molecule has 1 N–H and O–H groups in total. The zero-order chi connectivity index (χ0) is 23.9. The lowest BCUT2D eigenvalue weighted by molar-refractivity contribution is -0.124. The van der Waals surface area contributed by atoms with Crippen molar-refractivity contribution in [2.45, 2.75) is 4.87 Å². The van der Waals surface area contributed by atoms with Gasteiger partial charge in [0.25, 0.3) is 5.91 Å². The van der Waals surface area contributed by atoms with E-state index in [0.29, 0.717) is 33.4 Å². The molecule has 0 aliphatic carbocycles. The van der Waals surface area contributed by atoms with E-state index in [1.54, 1.807) is 61.7 Å². The number of rotatable bonds is 5. The summed E-state index contributed by atoms with van der Waals surface area (Å²) in [5, 5.41) is 3.36. The summed E-state index contributed by atoms with van der Waals surface area (Å²) in [6, 6.07) is 21.1. The number of amides is 3. The molecule has 0 bridgehead atoms. The van der Waals surface area contributed by atoms with Crippen LogP contribution in [-0.4, -0.2) is 37.1 Å². The second-order valence-electron chi connectivity index (χ2n) is 7.83. The number of ether oxygens (including phenoxy) is 1. The number of benzene rings is 3. The predicted octanol–water partition coefficient (Wildman–Crippen LogP) is 4.27. The largest absolute Gasteiger partial charge is 0.497 e. The van der Waals surface area contributed by atoms with Crippen molar-refractivity contribution in [1.29, 1.82) is 0 Å². The first-order valence-electron chi connectivity index (χ1n) is 10.5. The summed E-state index contributed by atoms with van der Waals surface area (Å²) in [5.41, 5.74) is 2.42. The zero-order valence-corrected chi connectivity index (χ0v) is 19.7. The highest BCUT2D eigenvalue weighted by atomic mass is 35.5. The number of thioether (sulfide) groups is 1. The van der Waals surface area contributed by atoms with E-state index in [4.69, 9.17) is 16.3 Å². The van der Waals surface area contributed by atoms with E-state index in [1.807, 2.05) is 18.2 Å². The van der Waals surface area contributed by atoms with Gasteiger partial charge in [0.2, 0.25) is 16.7 Å². The third-order valence-electron chi connectivity index (χ3n) is 5.81. The number of carbonyl (C=O) groups is 3. The molecule has 172 valence electrons. The number of carbonyl (C=O) groups excluding carboxylic acids is 3. The van der Waals surface area contributed by atoms with Crippen LogP contribution in [0.5, 0.6) is 5.75 Å². The fraction of sp³-hybridized carbons (Fsp3) is 0.160. The first-order chi connectivity index (χ1) is 16.4. The monoisotopic (exact) mass is 493 g/mol. The van der Waals surface area contributed by atoms with Gasteiger partial charge >= 0.3 is 0 Å². The van der Waals surface area contributed by atoms with Crippen molar-refractivity contribution in [3.63, 3.8) is 0 Å². The Balaban J connectivity index is 1.51. The van der Waals surface area contributed by atoms with Crippen LogP contribution in [0.2, 0.25) is 5.02 Å². The Labute approximate surface area is 205 Å². The molecule has 1 fully saturated rings. The average Bonchev–Trinajstić information content (AvgIpc) is 3.31. The molecule has 0 unspecified atom stereocenters. The summed E-state index contributed by atoms with van der Waals surface area (Å²) < 4.78 is 5.33. The number of hydrogen-bond donors (Lipinski definition) is 1. The SMILES string of the molecule is COc1cccc(N2C(=O)CS[C@]23C(=O)N(CC(=O)Nc2ccc(Cl)cc2)c2ccccc23)c1. The quantitative estimate of drug-likeness (QED) is 0.574. The Morgan fingerprint density at radius 2 is 1.85 bits per heavy atom. The van der Waals surface area contributed by atoms with Crippen molar-refractivity contribution in [2.24, 2.45) is 0 Å². The Morgan fingerprint density at radius 3 is 2.62 bits per heavy atom. The Bertz CT molecular complexity index is 1300. The normalized spacial score (nSPS) is 19.0. The lowest BCUT2D eigenvalue weighted by atomic mass is 10.0. The summed E-state index contributed by atoms with van der Waals surface area (Å²) in [4.78, 5) is 41.6. The third kappa shape index (κ3) is 3.59. The van der Waals surface area contributed by atoms with Crippen molar-refractivity contribution in [1.82, 2.24) is 0 Å². The van der Waals surface area contributed by atoms with Crippen molar-refractivity contribution in [3.05, 3.63) is 83.4 Å². The number of nitrogens with zero attached hydrogens (tertiary/aromatic N) is 2. The summed E-state index contributed by atoms with van der Waals surface area (Å²) >= 11 is 7.18. The van der Waals surface area contributed by atoms with E-state index in [0.717, 1.165) is 0 Å². The van der Waals surface area contributed by atoms with Crippen molar-refractivity contribution >= 4 is 58.1 Å². The topological polar surface area (TPSA) is 79.0 Å². The molecule has 5 rings (SSSR count). The summed E-state index contributed by atoms with van der Waals surface area (Å²) in [6.45, 7) is -0.194. The Morgan fingerprint density at radius 1 is 1.09 bits per heavy atom. The van der Waals surface area contributed by atoms with Crippen LogP contribution >= 0.6 is 23.4 Å². The molecule has 2 aliphatic rings. The van der Waals surface area contributed by atoms with Gasteiger partial charge in [-0.3, -0.25) is 24.2 Å². The van der Waals surface area contributed by atoms with Gasteiger partial charge < -0.3 is 10.1 Å². The minimum Gasteiger partial charge on any atom is -0.497 e. The van der Waals surface area contributed by atoms with Gasteiger partial charge in [-0.25, -0.2) is 0 Å². The van der Waals surface area contributed by atoms with E-state index < -0.39 is 4.87 Å². The van der Waals surface area contributed by atoms with Crippen molar-refractivity contribution < 1.29 is 19.1 Å². The molecule has 0 aromatic heterocycles. The maximum atomic E-state index is 14.0. The van der Waals surface area contributed by atoms with Crippen molar-refractivity contribution in [3.8, 4) is 5.75 Å². The van der Waals surface area contributed by atoms with Gasteiger partial charge in [0.1, 0.15) is 12.3 Å². The Hall–Kier alpha value is -3.49. The smallest absolute Gasteiger partial charge is 0.269 e. The molecule has 0 saturated carbocycles. The molecule has 3 aromatic rings. The molecule has 3 aromatic carbocycles. The van der Waals surface area contributed by atoms with Crippen LogP contribution in [0, 0.1) is 0 Å². The number of methoxy groups -OCH3 is 1. The molecule has 2 aliphatic heterocycles. The minimum atomic E-state index is -1.29. The second-order valence-corrected chi connectivity index (χ2v) is 9.43. The first-order valence-corrected chi connectivity index (χ1v) is 11.9. The summed E-state index contributed by atoms with van der Waals surface area (Å²) in [7, 11) is 1.55. The molecule has 7 nitrogen and oxygen atoms in total. The maximum absolute atomic E-state index is 14.0. The fourth-order valence-electron chi connectivity index (χ4n) is 4.34. The van der Waals surface area contributed by atoms with Crippen LogP contribution in [0.25, 0.3) is 0 Å². The van der Waals surface area contributed by atoms with Gasteiger partial charge in [-0.15, -0.1) is 11.8 Å². The lowest BCUT2D eigenvalue weighted by Gasteiger charge is -2.33. The molecule has 3 amide bonds. The Kier molecular flexibility index (Phi) is 5.71. The van der Waals surface area contributed by atoms with Crippen LogP contribution in [0.3, 0.4) is 0 Å². The second kappa shape index (κ2) is 8.70. The number of nitrogens with one attached hydrogen (secondary N) is 1. The van der Waals surface area contributed by atoms with E-state index in [1.165, 1.54) is 21.6 Å². The number of anilines is 3. The van der Waals surface area contributed by atoms with Gasteiger partial charge in [-0.1, -0.05) is 35.9 Å². The van der Waals surface area contributed by atoms with Gasteiger partial charge in [0, 0.05) is 28.0 Å². The minimum absolute atomic E-state index is 0.141. The molecular weight excluding hydrogens is 474 g/mol. The zero-order valence-electron chi connectivity index (χ0n) is 18.2. The fourth-order valence-corrected chi connectivity index (χ4v) is 5.82. The molecular formula is C25H20ClN3O4S. The highest BCUT2D eigenvalue weighted by molar-refractivity contribution is 8.02. The molecule has 1 atom stereocenters. The lowest BCUT2D eigenvalue weighted by Crippen LogP contribution is -2.50. The van der Waals surface area contributed by atoms with E-state index in [2.05, 4.69) is 5.32 Å². The van der Waals surface area contributed by atoms with E-state index >= 15 is 0 Å². The molecule has 1 spiro atoms. The number of fused-ring (bicyclic) bond motifs is 2. The van der Waals surface area contributed by atoms with Crippen molar-refractivity contribution in [2.75, 3.05) is 34.5 Å². The average molecular weight is 494 g/mol. The van der Waals surface area contributed by atoms with E-state index in [9.17, 15) is 14.4 Å². The van der Waals surface area contributed by atoms with Crippen LogP contribution in [-0.2, 0) is 19.3 Å². The maximum Gasteiger partial charge on any atom is 0.269 e. The van der Waals surface area contributed by atoms with Crippen LogP contribution in [0.4, 0.5) is 17.1 Å². The number of hydrogen-bond acceptors (Lipinski definition) is 5. The standard InChI is InChI=1S/C25H20ClN3O4S/c1-33-19-6-4-5-18(13-19)29-23(31)15-34-25(29)20-7-2-3-8-21(20)28(24(25)32)14-22(30)27-17-11-9-16(26)10-12-17/h2-13H,14-15H2,1H3,(H,27,30)/t25-/m1/s1. The molecule has 1 saturated heterocycles. The molecule has 2 heterocycles. The van der Waals surface area contributed by atoms with Crippen LogP contribution in [0.15, 0.2) is 72.8 Å². The number of halogens is 1. The third-order valence-corrected chi connectivity index (χ3v) is 7.44. The van der Waals surface area contributed by atoms with Gasteiger partial charge in [0.05, 0.1) is 18.6 Å². The molecule has 0 radical (unpaired) electrons. The number of para-hydroxylation sites is 1.